The number of hydrogen-bond donors (Lipinski definition) is 2. The zero-order valence-electron chi connectivity index (χ0n) is 11.2. The van der Waals surface area contributed by atoms with Gasteiger partial charge in [-0.2, -0.15) is 11.3 Å². The van der Waals surface area contributed by atoms with Gasteiger partial charge in [-0.3, -0.25) is 4.99 Å². The Bertz CT molecular complexity index is 675. The molecular formula is C16H17N3S. The first-order valence-electron chi connectivity index (χ1n) is 6.97. The molecule has 2 aromatic rings. The number of nitrogens with zero attached hydrogens (tertiary/aromatic N) is 1. The number of aryl methyl sites for hydroxylation is 1. The molecule has 1 aliphatic heterocycles. The molecule has 2 heterocycles. The van der Waals surface area contributed by atoms with E-state index in [1.807, 2.05) is 0 Å². The van der Waals surface area contributed by atoms with Gasteiger partial charge in [0.1, 0.15) is 0 Å². The molecule has 1 aromatic carbocycles. The maximum atomic E-state index is 5.83. The van der Waals surface area contributed by atoms with Crippen LogP contribution in [-0.4, -0.2) is 18.0 Å². The fourth-order valence-corrected chi connectivity index (χ4v) is 4.05. The number of benzene rings is 1. The lowest BCUT2D eigenvalue weighted by molar-refractivity contribution is 0.362. The van der Waals surface area contributed by atoms with Crippen molar-refractivity contribution in [2.45, 2.75) is 24.8 Å². The van der Waals surface area contributed by atoms with E-state index in [2.05, 4.69) is 45.3 Å². The number of fused-ring (bicyclic) bond motifs is 1. The van der Waals surface area contributed by atoms with Gasteiger partial charge in [0.15, 0.2) is 5.96 Å². The van der Waals surface area contributed by atoms with E-state index in [1.54, 1.807) is 11.3 Å². The molecule has 1 aromatic heterocycles. The molecule has 3 N–H and O–H groups in total. The predicted octanol–water partition coefficient (Wildman–Crippen LogP) is 2.56. The number of guanidine groups is 1. The lowest BCUT2D eigenvalue weighted by Crippen LogP contribution is -2.51. The summed E-state index contributed by atoms with van der Waals surface area (Å²) in [5.74, 6) is 0.599. The van der Waals surface area contributed by atoms with Crippen LogP contribution in [0.1, 0.15) is 17.5 Å². The van der Waals surface area contributed by atoms with Gasteiger partial charge >= 0.3 is 0 Å². The zero-order chi connectivity index (χ0) is 13.6. The molecular weight excluding hydrogens is 266 g/mol. The van der Waals surface area contributed by atoms with Gasteiger partial charge in [-0.05, 0) is 58.3 Å². The Morgan fingerprint density at radius 1 is 1.30 bits per heavy atom. The Hall–Kier alpha value is -1.81. The fourth-order valence-electron chi connectivity index (χ4n) is 3.40. The van der Waals surface area contributed by atoms with Crippen molar-refractivity contribution in [3.05, 3.63) is 46.2 Å². The molecule has 1 unspecified atom stereocenters. The Balaban J connectivity index is 1.77. The largest absolute Gasteiger partial charge is 0.370 e. The summed E-state index contributed by atoms with van der Waals surface area (Å²) in [6.07, 6.45) is 3.22. The van der Waals surface area contributed by atoms with Crippen molar-refractivity contribution < 1.29 is 0 Å². The number of nitrogens with one attached hydrogen (secondary N) is 1. The van der Waals surface area contributed by atoms with Crippen LogP contribution in [0.2, 0.25) is 0 Å². The molecule has 0 amide bonds. The summed E-state index contributed by atoms with van der Waals surface area (Å²) >= 11 is 1.75. The third kappa shape index (κ3) is 1.83. The van der Waals surface area contributed by atoms with E-state index in [0.29, 0.717) is 5.96 Å². The minimum atomic E-state index is 0.0448. The van der Waals surface area contributed by atoms with Gasteiger partial charge in [0.25, 0.3) is 0 Å². The SMILES string of the molecule is NC1=NCC2(CCc3cccc(-c4ccsc4)c3C2)N1. The molecule has 3 nitrogen and oxygen atoms in total. The molecule has 0 bridgehead atoms. The monoisotopic (exact) mass is 283 g/mol. The summed E-state index contributed by atoms with van der Waals surface area (Å²) in [6, 6.07) is 8.88. The highest BCUT2D eigenvalue weighted by Gasteiger charge is 2.38. The third-order valence-corrected chi connectivity index (χ3v) is 5.12. The van der Waals surface area contributed by atoms with Gasteiger partial charge in [-0.15, -0.1) is 0 Å². The van der Waals surface area contributed by atoms with Crippen LogP contribution < -0.4 is 11.1 Å². The number of nitrogens with two attached hydrogens (primary N) is 1. The topological polar surface area (TPSA) is 50.4 Å². The summed E-state index contributed by atoms with van der Waals surface area (Å²) in [4.78, 5) is 4.36. The van der Waals surface area contributed by atoms with E-state index < -0.39 is 0 Å². The van der Waals surface area contributed by atoms with Crippen LogP contribution in [0.15, 0.2) is 40.0 Å². The standard InChI is InChI=1S/C16H17N3S/c17-15-18-10-16(19-15)6-4-11-2-1-3-13(14(11)8-16)12-5-7-20-9-12/h1-3,5,7,9H,4,6,8,10H2,(H3,17,18,19). The molecule has 4 heteroatoms. The first-order chi connectivity index (χ1) is 9.76. The minimum Gasteiger partial charge on any atom is -0.370 e. The molecule has 102 valence electrons. The van der Waals surface area contributed by atoms with E-state index in [4.69, 9.17) is 5.73 Å². The first-order valence-corrected chi connectivity index (χ1v) is 7.92. The van der Waals surface area contributed by atoms with E-state index in [0.717, 1.165) is 25.8 Å². The molecule has 0 saturated carbocycles. The average Bonchev–Trinajstić information content (AvgIpc) is 3.09. The fraction of sp³-hybridized carbons (Fsp3) is 0.312. The van der Waals surface area contributed by atoms with Crippen molar-refractivity contribution in [3.8, 4) is 11.1 Å². The third-order valence-electron chi connectivity index (χ3n) is 4.44. The van der Waals surface area contributed by atoms with E-state index in [-0.39, 0.29) is 5.54 Å². The Kier molecular flexibility index (Phi) is 2.60. The molecule has 1 spiro atoms. The molecule has 20 heavy (non-hydrogen) atoms. The smallest absolute Gasteiger partial charge is 0.189 e. The second-order valence-corrected chi connectivity index (χ2v) is 6.52. The minimum absolute atomic E-state index is 0.0448. The average molecular weight is 283 g/mol. The van der Waals surface area contributed by atoms with Gasteiger partial charge in [0, 0.05) is 0 Å². The van der Waals surface area contributed by atoms with E-state index in [1.165, 1.54) is 22.3 Å². The van der Waals surface area contributed by atoms with Crippen LogP contribution in [0, 0.1) is 0 Å². The van der Waals surface area contributed by atoms with E-state index >= 15 is 0 Å². The van der Waals surface area contributed by atoms with Crippen LogP contribution in [0.25, 0.3) is 11.1 Å². The van der Waals surface area contributed by atoms with Crippen molar-refractivity contribution in [3.63, 3.8) is 0 Å². The van der Waals surface area contributed by atoms with Crippen LogP contribution in [0.5, 0.6) is 0 Å². The Morgan fingerprint density at radius 3 is 3.00 bits per heavy atom. The maximum Gasteiger partial charge on any atom is 0.189 e. The summed E-state index contributed by atoms with van der Waals surface area (Å²) in [7, 11) is 0. The highest BCUT2D eigenvalue weighted by atomic mass is 32.1. The zero-order valence-corrected chi connectivity index (χ0v) is 12.0. The van der Waals surface area contributed by atoms with Crippen LogP contribution in [0.3, 0.4) is 0 Å². The summed E-state index contributed by atoms with van der Waals surface area (Å²) < 4.78 is 0. The first kappa shape index (κ1) is 12.0. The van der Waals surface area contributed by atoms with Gasteiger partial charge in [0.2, 0.25) is 0 Å². The second-order valence-electron chi connectivity index (χ2n) is 5.74. The quantitative estimate of drug-likeness (QED) is 0.845. The van der Waals surface area contributed by atoms with Crippen LogP contribution in [-0.2, 0) is 12.8 Å². The van der Waals surface area contributed by atoms with Gasteiger partial charge in [0.05, 0.1) is 12.1 Å². The molecule has 0 fully saturated rings. The van der Waals surface area contributed by atoms with Crippen molar-refractivity contribution in [2.24, 2.45) is 10.7 Å². The van der Waals surface area contributed by atoms with Crippen molar-refractivity contribution in [2.75, 3.05) is 6.54 Å². The van der Waals surface area contributed by atoms with E-state index in [9.17, 15) is 0 Å². The highest BCUT2D eigenvalue weighted by molar-refractivity contribution is 7.08. The predicted molar refractivity (Wildman–Crippen MR) is 84.1 cm³/mol. The number of rotatable bonds is 1. The maximum absolute atomic E-state index is 5.83. The second kappa shape index (κ2) is 4.35. The summed E-state index contributed by atoms with van der Waals surface area (Å²) in [6.45, 7) is 0.802. The molecule has 0 saturated heterocycles. The molecule has 2 aliphatic rings. The van der Waals surface area contributed by atoms with Gasteiger partial charge < -0.3 is 11.1 Å². The van der Waals surface area contributed by atoms with Crippen molar-refractivity contribution in [1.29, 1.82) is 0 Å². The Labute approximate surface area is 122 Å². The molecule has 0 radical (unpaired) electrons. The summed E-state index contributed by atoms with van der Waals surface area (Å²) in [5.41, 5.74) is 11.5. The lowest BCUT2D eigenvalue weighted by Gasteiger charge is -2.35. The number of thiophene rings is 1. The van der Waals surface area contributed by atoms with Crippen molar-refractivity contribution >= 4 is 17.3 Å². The van der Waals surface area contributed by atoms with Gasteiger partial charge in [-0.1, -0.05) is 18.2 Å². The molecule has 1 atom stereocenters. The van der Waals surface area contributed by atoms with Crippen molar-refractivity contribution in [1.82, 2.24) is 5.32 Å². The summed E-state index contributed by atoms with van der Waals surface area (Å²) in [5, 5.41) is 7.78. The highest BCUT2D eigenvalue weighted by Crippen LogP contribution is 2.37. The number of aliphatic imine (C=N–C) groups is 1. The van der Waals surface area contributed by atoms with Gasteiger partial charge in [-0.25, -0.2) is 0 Å². The normalized spacial score (nSPS) is 24.3. The lowest BCUT2D eigenvalue weighted by atomic mass is 9.76. The molecule has 1 aliphatic carbocycles. The number of hydrogen-bond acceptors (Lipinski definition) is 4. The molecule has 4 rings (SSSR count). The Morgan fingerprint density at radius 2 is 2.25 bits per heavy atom. The van der Waals surface area contributed by atoms with Crippen LogP contribution in [0.4, 0.5) is 0 Å². The van der Waals surface area contributed by atoms with Crippen LogP contribution >= 0.6 is 11.3 Å².